The first kappa shape index (κ1) is 18.7. The standard InChI is InChI=1S/C23H19FN2O3/c24-18-9-3-4-10-19(18)25-22(27)15-29-21-12-6-2-8-17(21)23(28)26-14-13-16-7-1-5-11-20(16)26/h1-12H,13-15H2,(H,25,27). The van der Waals surface area contributed by atoms with E-state index >= 15 is 0 Å². The number of para-hydroxylation sites is 3. The average Bonchev–Trinajstić information content (AvgIpc) is 3.18. The molecule has 0 aliphatic carbocycles. The Kier molecular flexibility index (Phi) is 5.24. The molecule has 29 heavy (non-hydrogen) atoms. The molecule has 3 aromatic rings. The second kappa shape index (κ2) is 8.14. The largest absolute Gasteiger partial charge is 0.483 e. The smallest absolute Gasteiger partial charge is 0.262 e. The van der Waals surface area contributed by atoms with Crippen molar-refractivity contribution in [1.29, 1.82) is 0 Å². The molecule has 1 aliphatic heterocycles. The molecule has 4 rings (SSSR count). The van der Waals surface area contributed by atoms with E-state index in [9.17, 15) is 14.0 Å². The van der Waals surface area contributed by atoms with Crippen LogP contribution in [0.4, 0.5) is 15.8 Å². The number of carbonyl (C=O) groups is 2. The number of amides is 2. The lowest BCUT2D eigenvalue weighted by Gasteiger charge is -2.19. The molecule has 0 atom stereocenters. The van der Waals surface area contributed by atoms with Crippen LogP contribution in [0.25, 0.3) is 0 Å². The lowest BCUT2D eigenvalue weighted by Crippen LogP contribution is -2.29. The Bertz CT molecular complexity index is 1070. The Hall–Kier alpha value is -3.67. The molecule has 146 valence electrons. The summed E-state index contributed by atoms with van der Waals surface area (Å²) in [7, 11) is 0. The molecular formula is C23H19FN2O3. The third kappa shape index (κ3) is 3.96. The normalized spacial score (nSPS) is 12.4. The van der Waals surface area contributed by atoms with Crippen LogP contribution in [0.2, 0.25) is 0 Å². The molecule has 0 fully saturated rings. The van der Waals surface area contributed by atoms with Gasteiger partial charge in [0.05, 0.1) is 11.3 Å². The molecule has 1 aliphatic rings. The first-order valence-corrected chi connectivity index (χ1v) is 9.29. The Balaban J connectivity index is 1.47. The van der Waals surface area contributed by atoms with Crippen molar-refractivity contribution >= 4 is 23.2 Å². The topological polar surface area (TPSA) is 58.6 Å². The highest BCUT2D eigenvalue weighted by atomic mass is 19.1. The van der Waals surface area contributed by atoms with Crippen LogP contribution in [0.1, 0.15) is 15.9 Å². The highest BCUT2D eigenvalue weighted by molar-refractivity contribution is 6.09. The van der Waals surface area contributed by atoms with Gasteiger partial charge in [-0.2, -0.15) is 0 Å². The van der Waals surface area contributed by atoms with Gasteiger partial charge in [-0.05, 0) is 42.3 Å². The van der Waals surface area contributed by atoms with Gasteiger partial charge in [-0.3, -0.25) is 9.59 Å². The number of nitrogens with zero attached hydrogens (tertiary/aromatic N) is 1. The highest BCUT2D eigenvalue weighted by Gasteiger charge is 2.27. The van der Waals surface area contributed by atoms with Crippen LogP contribution in [0, 0.1) is 5.82 Å². The van der Waals surface area contributed by atoms with E-state index in [2.05, 4.69) is 5.32 Å². The van der Waals surface area contributed by atoms with Crippen molar-refractivity contribution in [2.45, 2.75) is 6.42 Å². The molecule has 0 saturated heterocycles. The van der Waals surface area contributed by atoms with Gasteiger partial charge in [-0.1, -0.05) is 42.5 Å². The summed E-state index contributed by atoms with van der Waals surface area (Å²) in [4.78, 5) is 27.0. The van der Waals surface area contributed by atoms with Crippen LogP contribution in [0.5, 0.6) is 5.75 Å². The zero-order valence-electron chi connectivity index (χ0n) is 15.6. The van der Waals surface area contributed by atoms with Crippen molar-refractivity contribution in [3.05, 3.63) is 89.7 Å². The van der Waals surface area contributed by atoms with Crippen molar-refractivity contribution in [2.75, 3.05) is 23.4 Å². The van der Waals surface area contributed by atoms with Gasteiger partial charge >= 0.3 is 0 Å². The number of halogens is 1. The van der Waals surface area contributed by atoms with Crippen molar-refractivity contribution in [3.8, 4) is 5.75 Å². The number of rotatable bonds is 5. The van der Waals surface area contributed by atoms with Gasteiger partial charge < -0.3 is 15.0 Å². The number of nitrogens with one attached hydrogen (secondary N) is 1. The second-order valence-corrected chi connectivity index (χ2v) is 6.65. The molecule has 0 saturated carbocycles. The SMILES string of the molecule is O=C(COc1ccccc1C(=O)N1CCc2ccccc21)Nc1ccccc1F. The Labute approximate surface area is 167 Å². The van der Waals surface area contributed by atoms with E-state index in [1.807, 2.05) is 24.3 Å². The summed E-state index contributed by atoms with van der Waals surface area (Å²) in [5.41, 5.74) is 2.48. The molecule has 0 radical (unpaired) electrons. The quantitative estimate of drug-likeness (QED) is 0.715. The van der Waals surface area contributed by atoms with Gasteiger partial charge in [0.2, 0.25) is 0 Å². The molecule has 6 heteroatoms. The Morgan fingerprint density at radius 3 is 2.55 bits per heavy atom. The van der Waals surface area contributed by atoms with Gasteiger partial charge in [0.25, 0.3) is 11.8 Å². The van der Waals surface area contributed by atoms with Crippen molar-refractivity contribution in [1.82, 2.24) is 0 Å². The zero-order valence-corrected chi connectivity index (χ0v) is 15.6. The fourth-order valence-electron chi connectivity index (χ4n) is 3.36. The Morgan fingerprint density at radius 2 is 1.69 bits per heavy atom. The molecule has 2 amide bonds. The third-order valence-electron chi connectivity index (χ3n) is 4.76. The van der Waals surface area contributed by atoms with E-state index in [-0.39, 0.29) is 18.2 Å². The van der Waals surface area contributed by atoms with Gasteiger partial charge in [-0.15, -0.1) is 0 Å². The molecule has 0 unspecified atom stereocenters. The molecule has 1 N–H and O–H groups in total. The summed E-state index contributed by atoms with van der Waals surface area (Å²) < 4.78 is 19.3. The maximum absolute atomic E-state index is 13.7. The van der Waals surface area contributed by atoms with E-state index in [0.717, 1.165) is 17.7 Å². The second-order valence-electron chi connectivity index (χ2n) is 6.65. The van der Waals surface area contributed by atoms with Gasteiger partial charge in [0.15, 0.2) is 6.61 Å². The molecule has 0 spiro atoms. The van der Waals surface area contributed by atoms with E-state index in [1.165, 1.54) is 12.1 Å². The fourth-order valence-corrected chi connectivity index (χ4v) is 3.36. The van der Waals surface area contributed by atoms with Gasteiger partial charge in [0, 0.05) is 12.2 Å². The number of anilines is 2. The molecular weight excluding hydrogens is 371 g/mol. The summed E-state index contributed by atoms with van der Waals surface area (Å²) in [6.07, 6.45) is 0.802. The number of benzene rings is 3. The number of ether oxygens (including phenoxy) is 1. The minimum Gasteiger partial charge on any atom is -0.483 e. The molecule has 3 aromatic carbocycles. The van der Waals surface area contributed by atoms with Crippen LogP contribution >= 0.6 is 0 Å². The number of carbonyl (C=O) groups excluding carboxylic acids is 2. The number of fused-ring (bicyclic) bond motifs is 1. The molecule has 0 bridgehead atoms. The van der Waals surface area contributed by atoms with E-state index in [0.29, 0.717) is 17.9 Å². The Morgan fingerprint density at radius 1 is 0.966 bits per heavy atom. The number of hydrogen-bond acceptors (Lipinski definition) is 3. The van der Waals surface area contributed by atoms with Crippen LogP contribution in [0.3, 0.4) is 0 Å². The first-order valence-electron chi connectivity index (χ1n) is 9.29. The van der Waals surface area contributed by atoms with Gasteiger partial charge in [0.1, 0.15) is 11.6 Å². The van der Waals surface area contributed by atoms with E-state index in [1.54, 1.807) is 41.3 Å². The van der Waals surface area contributed by atoms with Crippen LogP contribution in [-0.2, 0) is 11.2 Å². The zero-order chi connectivity index (χ0) is 20.2. The molecule has 5 nitrogen and oxygen atoms in total. The minimum absolute atomic E-state index is 0.0825. The summed E-state index contributed by atoms with van der Waals surface area (Å²) >= 11 is 0. The van der Waals surface area contributed by atoms with Crippen molar-refractivity contribution in [2.24, 2.45) is 0 Å². The number of hydrogen-bond donors (Lipinski definition) is 1. The van der Waals surface area contributed by atoms with Crippen molar-refractivity contribution in [3.63, 3.8) is 0 Å². The molecule has 1 heterocycles. The predicted molar refractivity (Wildman–Crippen MR) is 109 cm³/mol. The van der Waals surface area contributed by atoms with E-state index in [4.69, 9.17) is 4.74 Å². The maximum Gasteiger partial charge on any atom is 0.262 e. The lowest BCUT2D eigenvalue weighted by molar-refractivity contribution is -0.118. The third-order valence-corrected chi connectivity index (χ3v) is 4.76. The summed E-state index contributed by atoms with van der Waals surface area (Å²) in [6, 6.07) is 20.5. The summed E-state index contributed by atoms with van der Waals surface area (Å²) in [5.74, 6) is -0.904. The van der Waals surface area contributed by atoms with Crippen LogP contribution < -0.4 is 15.0 Å². The van der Waals surface area contributed by atoms with Gasteiger partial charge in [-0.25, -0.2) is 4.39 Å². The predicted octanol–water partition coefficient (Wildman–Crippen LogP) is 4.05. The monoisotopic (exact) mass is 390 g/mol. The highest BCUT2D eigenvalue weighted by Crippen LogP contribution is 2.30. The van der Waals surface area contributed by atoms with E-state index < -0.39 is 11.7 Å². The molecule has 0 aromatic heterocycles. The minimum atomic E-state index is -0.524. The van der Waals surface area contributed by atoms with Crippen LogP contribution in [-0.4, -0.2) is 25.0 Å². The summed E-state index contributed by atoms with van der Waals surface area (Å²) in [6.45, 7) is 0.259. The van der Waals surface area contributed by atoms with Crippen LogP contribution in [0.15, 0.2) is 72.8 Å². The fraction of sp³-hybridized carbons (Fsp3) is 0.130. The van der Waals surface area contributed by atoms with Crippen molar-refractivity contribution < 1.29 is 18.7 Å². The first-order chi connectivity index (χ1) is 14.1. The summed E-state index contributed by atoms with van der Waals surface area (Å²) in [5, 5.41) is 2.46. The lowest BCUT2D eigenvalue weighted by atomic mass is 10.1. The maximum atomic E-state index is 13.7. The average molecular weight is 390 g/mol.